The Hall–Kier alpha value is -2.76. The first-order valence-electron chi connectivity index (χ1n) is 10.1. The Morgan fingerprint density at radius 1 is 0.500 bits per heavy atom. The molecule has 0 bridgehead atoms. The van der Waals surface area contributed by atoms with Gasteiger partial charge in [-0.05, 0) is 38.5 Å². The number of amides is 4. The normalized spacial score (nSPS) is 21.4. The molecule has 0 N–H and O–H groups in total. The van der Waals surface area contributed by atoms with Crippen molar-refractivity contribution in [2.75, 3.05) is 13.1 Å². The third-order valence-electron chi connectivity index (χ3n) is 5.88. The van der Waals surface area contributed by atoms with Crippen LogP contribution in [-0.2, 0) is 19.2 Å². The summed E-state index contributed by atoms with van der Waals surface area (Å²) in [7, 11) is 0. The van der Waals surface area contributed by atoms with Crippen molar-refractivity contribution in [3.8, 4) is 0 Å². The van der Waals surface area contributed by atoms with E-state index >= 15 is 0 Å². The average Bonchev–Trinajstić information content (AvgIpc) is 3.11. The number of carbonyl (C=O) groups excluding carboxylic acids is 4. The molecule has 146 valence electrons. The lowest BCUT2D eigenvalue weighted by atomic mass is 9.99. The molecule has 4 aliphatic rings. The van der Waals surface area contributed by atoms with E-state index in [0.29, 0.717) is 61.1 Å². The number of allylic oxidation sites excluding steroid dienone is 4. The Bertz CT molecular complexity index is 743. The molecule has 0 aromatic heterocycles. The summed E-state index contributed by atoms with van der Waals surface area (Å²) in [5.74, 6) is -0.545. The van der Waals surface area contributed by atoms with Crippen LogP contribution in [0.5, 0.6) is 0 Å². The van der Waals surface area contributed by atoms with Crippen molar-refractivity contribution in [3.05, 3.63) is 46.6 Å². The van der Waals surface area contributed by atoms with Gasteiger partial charge in [0.05, 0.1) is 0 Å². The summed E-state index contributed by atoms with van der Waals surface area (Å²) in [6, 6.07) is 0. The van der Waals surface area contributed by atoms with Crippen LogP contribution in [0.15, 0.2) is 46.6 Å². The van der Waals surface area contributed by atoms with Crippen LogP contribution >= 0.6 is 0 Å². The highest BCUT2D eigenvalue weighted by molar-refractivity contribution is 6.20. The molecule has 0 atom stereocenters. The van der Waals surface area contributed by atoms with Gasteiger partial charge in [0.15, 0.2) is 0 Å². The summed E-state index contributed by atoms with van der Waals surface area (Å²) in [6.07, 6.45) is 13.2. The molecule has 2 aliphatic heterocycles. The van der Waals surface area contributed by atoms with Crippen molar-refractivity contribution >= 4 is 23.6 Å². The minimum absolute atomic E-state index is 0.136. The van der Waals surface area contributed by atoms with E-state index in [1.165, 1.54) is 9.80 Å². The van der Waals surface area contributed by atoms with Crippen molar-refractivity contribution in [2.24, 2.45) is 0 Å². The van der Waals surface area contributed by atoms with E-state index in [9.17, 15) is 19.2 Å². The molecular weight excluding hydrogens is 356 g/mol. The standard InChI is InChI=1S/C22H24N2O4/c25-19-15-9-3-4-10-16(15)20(26)23(19)13-7-1-2-8-14-24-21(27)17-11-5-6-12-18(17)22(24)28/h3-6H,1-2,7-14H2. The lowest BCUT2D eigenvalue weighted by molar-refractivity contribution is -0.139. The maximum Gasteiger partial charge on any atom is 0.257 e. The topological polar surface area (TPSA) is 74.8 Å². The SMILES string of the molecule is O=C1C2=C(CC=CC2)C(=O)N1CCCCCCN1C(=O)C2=C(CC=CC2)C1=O. The number of hydrogen-bond acceptors (Lipinski definition) is 4. The van der Waals surface area contributed by atoms with E-state index in [0.717, 1.165) is 25.7 Å². The van der Waals surface area contributed by atoms with Crippen LogP contribution in [0, 0.1) is 0 Å². The molecule has 0 fully saturated rings. The van der Waals surface area contributed by atoms with Gasteiger partial charge in [-0.3, -0.25) is 29.0 Å². The smallest absolute Gasteiger partial charge is 0.257 e. The summed E-state index contributed by atoms with van der Waals surface area (Å²) in [5.41, 5.74) is 2.63. The van der Waals surface area contributed by atoms with Crippen LogP contribution in [0.4, 0.5) is 0 Å². The highest BCUT2D eigenvalue weighted by atomic mass is 16.2. The summed E-state index contributed by atoms with van der Waals surface area (Å²) in [6.45, 7) is 0.877. The Morgan fingerprint density at radius 2 is 0.786 bits per heavy atom. The molecular formula is C22H24N2O4. The van der Waals surface area contributed by atoms with Gasteiger partial charge in [0.1, 0.15) is 0 Å². The quantitative estimate of drug-likeness (QED) is 0.386. The first-order chi connectivity index (χ1) is 13.6. The van der Waals surface area contributed by atoms with Crippen molar-refractivity contribution < 1.29 is 19.2 Å². The summed E-state index contributed by atoms with van der Waals surface area (Å²) in [4.78, 5) is 52.2. The summed E-state index contributed by atoms with van der Waals surface area (Å²) in [5, 5.41) is 0. The van der Waals surface area contributed by atoms with Gasteiger partial charge in [0, 0.05) is 35.4 Å². The molecule has 0 unspecified atom stereocenters. The molecule has 0 aromatic rings. The van der Waals surface area contributed by atoms with Crippen LogP contribution in [-0.4, -0.2) is 46.5 Å². The average molecular weight is 380 g/mol. The third kappa shape index (κ3) is 3.17. The molecule has 0 saturated carbocycles. The van der Waals surface area contributed by atoms with Crippen LogP contribution < -0.4 is 0 Å². The van der Waals surface area contributed by atoms with Gasteiger partial charge >= 0.3 is 0 Å². The first kappa shape index (κ1) is 18.6. The molecule has 6 heteroatoms. The second-order valence-corrected chi connectivity index (χ2v) is 7.61. The Labute approximate surface area is 164 Å². The van der Waals surface area contributed by atoms with E-state index in [1.807, 2.05) is 24.3 Å². The zero-order chi connectivity index (χ0) is 19.7. The number of hydrogen-bond donors (Lipinski definition) is 0. The van der Waals surface area contributed by atoms with E-state index in [4.69, 9.17) is 0 Å². The van der Waals surface area contributed by atoms with Gasteiger partial charge < -0.3 is 0 Å². The molecule has 0 saturated heterocycles. The number of unbranched alkanes of at least 4 members (excludes halogenated alkanes) is 3. The zero-order valence-electron chi connectivity index (χ0n) is 15.9. The predicted octanol–water partition coefficient (Wildman–Crippen LogP) is 2.58. The van der Waals surface area contributed by atoms with E-state index < -0.39 is 0 Å². The number of imide groups is 2. The van der Waals surface area contributed by atoms with Gasteiger partial charge in [-0.1, -0.05) is 37.1 Å². The van der Waals surface area contributed by atoms with Crippen molar-refractivity contribution in [1.82, 2.24) is 9.80 Å². The second kappa shape index (κ2) is 7.70. The van der Waals surface area contributed by atoms with Gasteiger partial charge in [-0.15, -0.1) is 0 Å². The molecule has 6 nitrogen and oxygen atoms in total. The lowest BCUT2D eigenvalue weighted by Crippen LogP contribution is -2.33. The van der Waals surface area contributed by atoms with E-state index in [-0.39, 0.29) is 23.6 Å². The molecule has 0 spiro atoms. The van der Waals surface area contributed by atoms with Crippen molar-refractivity contribution in [2.45, 2.75) is 51.4 Å². The predicted molar refractivity (Wildman–Crippen MR) is 103 cm³/mol. The van der Waals surface area contributed by atoms with Gasteiger partial charge in [-0.2, -0.15) is 0 Å². The Kier molecular flexibility index (Phi) is 5.11. The minimum Gasteiger partial charge on any atom is -0.275 e. The molecule has 2 aliphatic carbocycles. The molecule has 2 heterocycles. The second-order valence-electron chi connectivity index (χ2n) is 7.61. The van der Waals surface area contributed by atoms with E-state index in [2.05, 4.69) is 0 Å². The molecule has 28 heavy (non-hydrogen) atoms. The molecule has 4 amide bonds. The minimum atomic E-state index is -0.136. The number of carbonyl (C=O) groups is 4. The lowest BCUT2D eigenvalue weighted by Gasteiger charge is -2.16. The highest BCUT2D eigenvalue weighted by Crippen LogP contribution is 2.31. The highest BCUT2D eigenvalue weighted by Gasteiger charge is 2.38. The van der Waals surface area contributed by atoms with Crippen molar-refractivity contribution in [1.29, 1.82) is 0 Å². The van der Waals surface area contributed by atoms with Gasteiger partial charge in [0.25, 0.3) is 23.6 Å². The Balaban J connectivity index is 1.18. The number of rotatable bonds is 7. The fraction of sp³-hybridized carbons (Fsp3) is 0.455. The zero-order valence-corrected chi connectivity index (χ0v) is 15.9. The van der Waals surface area contributed by atoms with Crippen LogP contribution in [0.2, 0.25) is 0 Å². The van der Waals surface area contributed by atoms with Gasteiger partial charge in [0.2, 0.25) is 0 Å². The maximum absolute atomic E-state index is 12.4. The molecule has 0 aromatic carbocycles. The molecule has 4 rings (SSSR count). The fourth-order valence-electron chi connectivity index (χ4n) is 4.30. The van der Waals surface area contributed by atoms with Crippen LogP contribution in [0.1, 0.15) is 51.4 Å². The first-order valence-corrected chi connectivity index (χ1v) is 10.1. The van der Waals surface area contributed by atoms with E-state index in [1.54, 1.807) is 0 Å². The number of nitrogens with zero attached hydrogens (tertiary/aromatic N) is 2. The van der Waals surface area contributed by atoms with Crippen molar-refractivity contribution in [3.63, 3.8) is 0 Å². The summed E-state index contributed by atoms with van der Waals surface area (Å²) >= 11 is 0. The van der Waals surface area contributed by atoms with Gasteiger partial charge in [-0.25, -0.2) is 0 Å². The fourth-order valence-corrected chi connectivity index (χ4v) is 4.30. The van der Waals surface area contributed by atoms with Crippen LogP contribution in [0.3, 0.4) is 0 Å². The summed E-state index contributed by atoms with van der Waals surface area (Å²) < 4.78 is 0. The molecule has 0 radical (unpaired) electrons. The van der Waals surface area contributed by atoms with Crippen LogP contribution in [0.25, 0.3) is 0 Å². The maximum atomic E-state index is 12.4. The Morgan fingerprint density at radius 3 is 1.07 bits per heavy atom. The largest absolute Gasteiger partial charge is 0.275 e. The monoisotopic (exact) mass is 380 g/mol. The third-order valence-corrected chi connectivity index (χ3v) is 5.88.